The average Bonchev–Trinajstić information content (AvgIpc) is 2.20. The molecule has 1 unspecified atom stereocenters. The van der Waals surface area contributed by atoms with Crippen LogP contribution in [-0.2, 0) is 0 Å². The van der Waals surface area contributed by atoms with E-state index in [1.54, 1.807) is 13.8 Å². The van der Waals surface area contributed by atoms with Gasteiger partial charge in [0.1, 0.15) is 11.9 Å². The minimum absolute atomic E-state index is 0.340. The minimum Gasteiger partial charge on any atom is -0.385 e. The topological polar surface area (TPSA) is 37.3 Å². The second-order valence-electron chi connectivity index (χ2n) is 3.25. The molecule has 0 spiro atoms. The second-order valence-corrected chi connectivity index (χ2v) is 3.25. The molecule has 1 aromatic carbocycles. The van der Waals surface area contributed by atoms with Gasteiger partial charge in [-0.1, -0.05) is 6.92 Å². The predicted octanol–water partition coefficient (Wildman–Crippen LogP) is 2.09. The average molecular weight is 196 g/mol. The first-order valence-corrected chi connectivity index (χ1v) is 4.54. The van der Waals surface area contributed by atoms with Gasteiger partial charge in [-0.05, 0) is 37.1 Å². The Morgan fingerprint density at radius 2 is 2.21 bits per heavy atom. The second kappa shape index (κ2) is 4.33. The Balaban J connectivity index is 2.97. The molecule has 0 aromatic heterocycles. The lowest BCUT2D eigenvalue weighted by atomic mass is 10.0. The fourth-order valence-electron chi connectivity index (χ4n) is 1.18. The molecule has 1 aromatic rings. The van der Waals surface area contributed by atoms with E-state index in [2.05, 4.69) is 0 Å². The van der Waals surface area contributed by atoms with Crippen molar-refractivity contribution in [2.75, 3.05) is 0 Å². The maximum absolute atomic E-state index is 12.9. The van der Waals surface area contributed by atoms with Crippen molar-refractivity contribution in [3.63, 3.8) is 0 Å². The number of carbonyl (C=O) groups is 1. The van der Waals surface area contributed by atoms with E-state index in [4.69, 9.17) is 0 Å². The molecule has 0 heterocycles. The van der Waals surface area contributed by atoms with Crippen LogP contribution in [0.25, 0.3) is 0 Å². The molecule has 0 fully saturated rings. The van der Waals surface area contributed by atoms with Crippen molar-refractivity contribution in [1.82, 2.24) is 0 Å². The smallest absolute Gasteiger partial charge is 0.191 e. The van der Waals surface area contributed by atoms with E-state index >= 15 is 0 Å². The molecule has 0 radical (unpaired) electrons. The van der Waals surface area contributed by atoms with Crippen LogP contribution in [0, 0.1) is 12.7 Å². The van der Waals surface area contributed by atoms with Crippen LogP contribution in [-0.4, -0.2) is 17.0 Å². The Morgan fingerprint density at radius 1 is 1.57 bits per heavy atom. The summed E-state index contributed by atoms with van der Waals surface area (Å²) in [5.41, 5.74) is 0.775. The number of carbonyl (C=O) groups excluding carboxylic acids is 1. The molecule has 0 saturated heterocycles. The van der Waals surface area contributed by atoms with E-state index in [1.165, 1.54) is 18.2 Å². The first-order valence-electron chi connectivity index (χ1n) is 4.54. The van der Waals surface area contributed by atoms with Crippen LogP contribution in [0.1, 0.15) is 29.3 Å². The van der Waals surface area contributed by atoms with Gasteiger partial charge in [0, 0.05) is 5.56 Å². The molecule has 1 rings (SSSR count). The molecule has 0 amide bonds. The molecule has 0 aliphatic carbocycles. The van der Waals surface area contributed by atoms with Gasteiger partial charge in [0.25, 0.3) is 0 Å². The molecular formula is C11H13FO2. The molecular weight excluding hydrogens is 183 g/mol. The SMILES string of the molecule is CCC(O)C(=O)c1ccc(F)c(C)c1. The Hall–Kier alpha value is -1.22. The standard InChI is InChI=1S/C11H13FO2/c1-3-10(13)11(14)8-4-5-9(12)7(2)6-8/h4-6,10,13H,3H2,1-2H3. The van der Waals surface area contributed by atoms with Crippen molar-refractivity contribution in [2.45, 2.75) is 26.4 Å². The van der Waals surface area contributed by atoms with Crippen LogP contribution in [0.15, 0.2) is 18.2 Å². The van der Waals surface area contributed by atoms with Crippen molar-refractivity contribution in [1.29, 1.82) is 0 Å². The number of Topliss-reactive ketones (excluding diaryl/α,β-unsaturated/α-hetero) is 1. The van der Waals surface area contributed by atoms with Crippen LogP contribution in [0.5, 0.6) is 0 Å². The Kier molecular flexibility index (Phi) is 3.36. The van der Waals surface area contributed by atoms with Crippen LogP contribution in [0.2, 0.25) is 0 Å². The van der Waals surface area contributed by atoms with Crippen molar-refractivity contribution >= 4 is 5.78 Å². The van der Waals surface area contributed by atoms with Crippen molar-refractivity contribution in [3.05, 3.63) is 35.1 Å². The highest BCUT2D eigenvalue weighted by molar-refractivity contribution is 5.99. The summed E-state index contributed by atoms with van der Waals surface area (Å²) in [6, 6.07) is 4.09. The van der Waals surface area contributed by atoms with Crippen LogP contribution in [0.4, 0.5) is 4.39 Å². The van der Waals surface area contributed by atoms with Crippen molar-refractivity contribution < 1.29 is 14.3 Å². The number of benzene rings is 1. The molecule has 0 saturated carbocycles. The number of hydrogen-bond acceptors (Lipinski definition) is 2. The van der Waals surface area contributed by atoms with E-state index in [0.717, 1.165) is 0 Å². The number of aliphatic hydroxyl groups is 1. The Labute approximate surface area is 82.4 Å². The normalized spacial score (nSPS) is 12.6. The molecule has 0 bridgehead atoms. The zero-order valence-corrected chi connectivity index (χ0v) is 8.25. The highest BCUT2D eigenvalue weighted by atomic mass is 19.1. The summed E-state index contributed by atoms with van der Waals surface area (Å²) < 4.78 is 12.9. The van der Waals surface area contributed by atoms with Gasteiger partial charge >= 0.3 is 0 Å². The summed E-state index contributed by atoms with van der Waals surface area (Å²) in [7, 11) is 0. The maximum atomic E-state index is 12.9. The van der Waals surface area contributed by atoms with Gasteiger partial charge in [-0.25, -0.2) is 4.39 Å². The maximum Gasteiger partial charge on any atom is 0.191 e. The van der Waals surface area contributed by atoms with Gasteiger partial charge in [0.2, 0.25) is 0 Å². The van der Waals surface area contributed by atoms with Crippen LogP contribution in [0.3, 0.4) is 0 Å². The largest absolute Gasteiger partial charge is 0.385 e. The van der Waals surface area contributed by atoms with Crippen LogP contribution < -0.4 is 0 Å². The summed E-state index contributed by atoms with van der Waals surface area (Å²) in [5, 5.41) is 9.30. The third-order valence-electron chi connectivity index (χ3n) is 2.13. The molecule has 0 aliphatic heterocycles. The predicted molar refractivity (Wildman–Crippen MR) is 51.8 cm³/mol. The first-order chi connectivity index (χ1) is 6.56. The van der Waals surface area contributed by atoms with Gasteiger partial charge < -0.3 is 5.11 Å². The van der Waals surface area contributed by atoms with E-state index in [-0.39, 0.29) is 11.6 Å². The Morgan fingerprint density at radius 3 is 2.71 bits per heavy atom. The quantitative estimate of drug-likeness (QED) is 0.751. The van der Waals surface area contributed by atoms with Gasteiger partial charge in [-0.2, -0.15) is 0 Å². The molecule has 3 heteroatoms. The lowest BCUT2D eigenvalue weighted by Crippen LogP contribution is -2.19. The molecule has 1 N–H and O–H groups in total. The number of hydrogen-bond donors (Lipinski definition) is 1. The number of ketones is 1. The first kappa shape index (κ1) is 10.9. The zero-order chi connectivity index (χ0) is 10.7. The Bertz CT molecular complexity index is 347. The highest BCUT2D eigenvalue weighted by Crippen LogP contribution is 2.12. The summed E-state index contributed by atoms with van der Waals surface area (Å²) >= 11 is 0. The number of aryl methyl sites for hydroxylation is 1. The fraction of sp³-hybridized carbons (Fsp3) is 0.364. The van der Waals surface area contributed by atoms with Gasteiger partial charge in [-0.15, -0.1) is 0 Å². The zero-order valence-electron chi connectivity index (χ0n) is 8.25. The number of halogens is 1. The number of aliphatic hydroxyl groups excluding tert-OH is 1. The van der Waals surface area contributed by atoms with Gasteiger partial charge in [0.15, 0.2) is 5.78 Å². The van der Waals surface area contributed by atoms with Crippen molar-refractivity contribution in [2.24, 2.45) is 0 Å². The third-order valence-corrected chi connectivity index (χ3v) is 2.13. The van der Waals surface area contributed by atoms with Gasteiger partial charge in [-0.3, -0.25) is 4.79 Å². The van der Waals surface area contributed by atoms with E-state index < -0.39 is 6.10 Å². The lowest BCUT2D eigenvalue weighted by Gasteiger charge is -2.07. The van der Waals surface area contributed by atoms with E-state index in [0.29, 0.717) is 17.5 Å². The van der Waals surface area contributed by atoms with E-state index in [1.807, 2.05) is 0 Å². The lowest BCUT2D eigenvalue weighted by molar-refractivity contribution is 0.0740. The highest BCUT2D eigenvalue weighted by Gasteiger charge is 2.15. The van der Waals surface area contributed by atoms with Crippen molar-refractivity contribution in [3.8, 4) is 0 Å². The van der Waals surface area contributed by atoms with Crippen LogP contribution >= 0.6 is 0 Å². The monoisotopic (exact) mass is 196 g/mol. The molecule has 1 atom stereocenters. The van der Waals surface area contributed by atoms with E-state index in [9.17, 15) is 14.3 Å². The minimum atomic E-state index is -0.986. The molecule has 14 heavy (non-hydrogen) atoms. The molecule has 76 valence electrons. The summed E-state index contributed by atoms with van der Waals surface area (Å²) in [6.07, 6.45) is -0.616. The molecule has 0 aliphatic rings. The summed E-state index contributed by atoms with van der Waals surface area (Å²) in [6.45, 7) is 3.31. The summed E-state index contributed by atoms with van der Waals surface area (Å²) in [4.78, 5) is 11.5. The van der Waals surface area contributed by atoms with Gasteiger partial charge in [0.05, 0.1) is 0 Å². The summed E-state index contributed by atoms with van der Waals surface area (Å²) in [5.74, 6) is -0.692. The number of rotatable bonds is 3. The third kappa shape index (κ3) is 2.17. The molecule has 2 nitrogen and oxygen atoms in total. The fourth-order valence-corrected chi connectivity index (χ4v) is 1.18.